The first-order chi connectivity index (χ1) is 8.52. The second-order valence-corrected chi connectivity index (χ2v) is 6.79. The van der Waals surface area contributed by atoms with Gasteiger partial charge in [0.05, 0.1) is 12.7 Å². The lowest BCUT2D eigenvalue weighted by molar-refractivity contribution is 0.0742. The van der Waals surface area contributed by atoms with Gasteiger partial charge in [-0.25, -0.2) is 0 Å². The van der Waals surface area contributed by atoms with E-state index in [1.165, 1.54) is 0 Å². The maximum Gasteiger partial charge on any atom is 0.276 e. The van der Waals surface area contributed by atoms with Gasteiger partial charge >= 0.3 is 0 Å². The molecule has 6 nitrogen and oxygen atoms in total. The van der Waals surface area contributed by atoms with Crippen LogP contribution in [0.25, 0.3) is 0 Å². The molecule has 0 radical (unpaired) electrons. The second-order valence-electron chi connectivity index (χ2n) is 4.99. The number of aromatic nitrogens is 3. The largest absolute Gasteiger partial charge is 0.335 e. The van der Waals surface area contributed by atoms with Crippen LogP contribution in [-0.2, 0) is 6.54 Å². The molecular weight excluding hydrogens is 250 g/mol. The molecule has 2 N–H and O–H groups in total. The standard InChI is InChI=1S/C11H19N5OS/c1-11(2)8-15(5-6-18-11)10(17)9-7-16(4-3-12)14-13-9/h7H,3-6,8,12H2,1-2H3. The van der Waals surface area contributed by atoms with E-state index < -0.39 is 0 Å². The van der Waals surface area contributed by atoms with Crippen LogP contribution in [0.3, 0.4) is 0 Å². The fourth-order valence-corrected chi connectivity index (χ4v) is 3.10. The van der Waals surface area contributed by atoms with Crippen LogP contribution in [0.2, 0.25) is 0 Å². The lowest BCUT2D eigenvalue weighted by Crippen LogP contribution is -2.46. The maximum atomic E-state index is 12.3. The van der Waals surface area contributed by atoms with Crippen molar-refractivity contribution in [2.24, 2.45) is 5.73 Å². The van der Waals surface area contributed by atoms with Crippen molar-refractivity contribution >= 4 is 17.7 Å². The molecule has 0 unspecified atom stereocenters. The van der Waals surface area contributed by atoms with Gasteiger partial charge in [-0.3, -0.25) is 9.48 Å². The number of nitrogens with two attached hydrogens (primary N) is 1. The van der Waals surface area contributed by atoms with Crippen LogP contribution in [0, 0.1) is 0 Å². The molecule has 1 aromatic rings. The van der Waals surface area contributed by atoms with Gasteiger partial charge in [-0.1, -0.05) is 5.21 Å². The summed E-state index contributed by atoms with van der Waals surface area (Å²) in [5, 5.41) is 7.81. The van der Waals surface area contributed by atoms with E-state index in [1.54, 1.807) is 10.9 Å². The molecule has 1 aliphatic rings. The average molecular weight is 269 g/mol. The van der Waals surface area contributed by atoms with Crippen molar-refractivity contribution < 1.29 is 4.79 Å². The summed E-state index contributed by atoms with van der Waals surface area (Å²) >= 11 is 1.90. The van der Waals surface area contributed by atoms with Crippen LogP contribution in [0.5, 0.6) is 0 Å². The number of carbonyl (C=O) groups excluding carboxylic acids is 1. The molecule has 0 aromatic carbocycles. The molecule has 0 aliphatic carbocycles. The topological polar surface area (TPSA) is 77.0 Å². The minimum absolute atomic E-state index is 0.0355. The van der Waals surface area contributed by atoms with Gasteiger partial charge in [-0.05, 0) is 13.8 Å². The zero-order valence-corrected chi connectivity index (χ0v) is 11.6. The highest BCUT2D eigenvalue weighted by Gasteiger charge is 2.31. The van der Waals surface area contributed by atoms with E-state index >= 15 is 0 Å². The third-order valence-corrected chi connectivity index (χ3v) is 4.13. The molecule has 0 bridgehead atoms. The highest BCUT2D eigenvalue weighted by atomic mass is 32.2. The Morgan fingerprint density at radius 1 is 1.61 bits per heavy atom. The van der Waals surface area contributed by atoms with Crippen molar-refractivity contribution in [2.75, 3.05) is 25.4 Å². The first kappa shape index (κ1) is 13.4. The summed E-state index contributed by atoms with van der Waals surface area (Å²) in [5.74, 6) is 0.932. The van der Waals surface area contributed by atoms with Crippen molar-refractivity contribution in [1.29, 1.82) is 0 Å². The third-order valence-electron chi connectivity index (χ3n) is 2.83. The SMILES string of the molecule is CC1(C)CN(C(=O)c2cn(CCN)nn2)CCS1. The molecule has 1 aromatic heterocycles. The van der Waals surface area contributed by atoms with Crippen LogP contribution in [0.4, 0.5) is 0 Å². The van der Waals surface area contributed by atoms with E-state index in [4.69, 9.17) is 5.73 Å². The number of amides is 1. The predicted octanol–water partition coefficient (Wildman–Crippen LogP) is 0.204. The van der Waals surface area contributed by atoms with Gasteiger partial charge in [-0.2, -0.15) is 11.8 Å². The van der Waals surface area contributed by atoms with Crippen molar-refractivity contribution in [3.8, 4) is 0 Å². The van der Waals surface area contributed by atoms with E-state index in [-0.39, 0.29) is 10.7 Å². The molecule has 18 heavy (non-hydrogen) atoms. The molecule has 7 heteroatoms. The number of carbonyl (C=O) groups is 1. The highest BCUT2D eigenvalue weighted by Crippen LogP contribution is 2.29. The summed E-state index contributed by atoms with van der Waals surface area (Å²) in [7, 11) is 0. The van der Waals surface area contributed by atoms with Crippen molar-refractivity contribution in [3.63, 3.8) is 0 Å². The van der Waals surface area contributed by atoms with Crippen molar-refractivity contribution in [3.05, 3.63) is 11.9 Å². The summed E-state index contributed by atoms with van der Waals surface area (Å²) in [5.41, 5.74) is 5.85. The van der Waals surface area contributed by atoms with Gasteiger partial charge in [0.1, 0.15) is 0 Å². The van der Waals surface area contributed by atoms with E-state index in [1.807, 2.05) is 16.7 Å². The average Bonchev–Trinajstić information content (AvgIpc) is 2.76. The number of rotatable bonds is 3. The maximum absolute atomic E-state index is 12.3. The van der Waals surface area contributed by atoms with E-state index in [0.29, 0.717) is 18.8 Å². The minimum atomic E-state index is -0.0355. The second kappa shape index (κ2) is 5.27. The Bertz CT molecular complexity index is 431. The Labute approximate surface area is 111 Å². The molecule has 1 fully saturated rings. The Morgan fingerprint density at radius 2 is 2.39 bits per heavy atom. The number of thioether (sulfide) groups is 1. The van der Waals surface area contributed by atoms with Gasteiger partial charge in [0.2, 0.25) is 0 Å². The molecule has 100 valence electrons. The number of nitrogens with zero attached hydrogens (tertiary/aromatic N) is 4. The summed E-state index contributed by atoms with van der Waals surface area (Å²) in [6.45, 7) is 6.91. The minimum Gasteiger partial charge on any atom is -0.335 e. The van der Waals surface area contributed by atoms with Crippen LogP contribution in [-0.4, -0.2) is 55.9 Å². The van der Waals surface area contributed by atoms with Gasteiger partial charge in [0, 0.05) is 30.1 Å². The summed E-state index contributed by atoms with van der Waals surface area (Å²) in [4.78, 5) is 14.1. The lowest BCUT2D eigenvalue weighted by Gasteiger charge is -2.37. The molecule has 0 saturated carbocycles. The number of hydrogen-bond acceptors (Lipinski definition) is 5. The smallest absolute Gasteiger partial charge is 0.276 e. The van der Waals surface area contributed by atoms with Crippen LogP contribution < -0.4 is 5.73 Å². The van der Waals surface area contributed by atoms with Gasteiger partial charge in [-0.15, -0.1) is 5.10 Å². The van der Waals surface area contributed by atoms with Crippen molar-refractivity contribution in [1.82, 2.24) is 19.9 Å². The van der Waals surface area contributed by atoms with E-state index in [2.05, 4.69) is 24.2 Å². The Hall–Kier alpha value is -1.08. The predicted molar refractivity (Wildman–Crippen MR) is 71.5 cm³/mol. The van der Waals surface area contributed by atoms with Gasteiger partial charge in [0.25, 0.3) is 5.91 Å². The zero-order valence-electron chi connectivity index (χ0n) is 10.8. The fourth-order valence-electron chi connectivity index (χ4n) is 1.99. The monoisotopic (exact) mass is 269 g/mol. The normalized spacial score (nSPS) is 18.9. The van der Waals surface area contributed by atoms with Crippen molar-refractivity contribution in [2.45, 2.75) is 25.1 Å². The molecule has 2 heterocycles. The van der Waals surface area contributed by atoms with Gasteiger partial charge in [0.15, 0.2) is 5.69 Å². The van der Waals surface area contributed by atoms with E-state index in [0.717, 1.165) is 18.8 Å². The van der Waals surface area contributed by atoms with E-state index in [9.17, 15) is 4.79 Å². The van der Waals surface area contributed by atoms with Gasteiger partial charge < -0.3 is 10.6 Å². The third kappa shape index (κ3) is 3.02. The summed E-state index contributed by atoms with van der Waals surface area (Å²) in [6, 6.07) is 0. The van der Waals surface area contributed by atoms with Crippen LogP contribution in [0.15, 0.2) is 6.20 Å². The molecule has 1 amide bonds. The summed E-state index contributed by atoms with van der Waals surface area (Å²) < 4.78 is 1.72. The Kier molecular flexibility index (Phi) is 3.91. The molecule has 0 atom stereocenters. The first-order valence-electron chi connectivity index (χ1n) is 6.05. The highest BCUT2D eigenvalue weighted by molar-refractivity contribution is 8.00. The molecule has 1 aliphatic heterocycles. The quantitative estimate of drug-likeness (QED) is 0.848. The molecule has 0 spiro atoms. The molecular formula is C11H19N5OS. The lowest BCUT2D eigenvalue weighted by atomic mass is 10.2. The van der Waals surface area contributed by atoms with Crippen LogP contribution in [0.1, 0.15) is 24.3 Å². The Balaban J connectivity index is 2.05. The zero-order chi connectivity index (χ0) is 13.2. The molecule has 2 rings (SSSR count). The molecule has 1 saturated heterocycles. The fraction of sp³-hybridized carbons (Fsp3) is 0.727. The number of hydrogen-bond donors (Lipinski definition) is 1. The van der Waals surface area contributed by atoms with Crippen LogP contribution >= 0.6 is 11.8 Å². The summed E-state index contributed by atoms with van der Waals surface area (Å²) in [6.07, 6.45) is 1.67. The first-order valence-corrected chi connectivity index (χ1v) is 7.04. The Morgan fingerprint density at radius 3 is 3.06 bits per heavy atom.